The molecule has 1 aromatic carbocycles. The standard InChI is InChI=1S/C9H10O.C6H8O4.C2H6O.Ti/c10-9-5-4-7-2-1-3-8(7)6-9;1-6(2)9-4(7)3-5(8)10-6;1-2-3;/h4-6,10H,1-3H2;3,7H,1-2H3;3H,2H2,1H3;. The van der Waals surface area contributed by atoms with Gasteiger partial charge < -0.3 is 24.8 Å². The number of hydrogen-bond acceptors (Lipinski definition) is 6. The van der Waals surface area contributed by atoms with Crippen LogP contribution in [-0.2, 0) is 48.8 Å². The van der Waals surface area contributed by atoms with Crippen molar-refractivity contribution < 1.29 is 51.3 Å². The number of aromatic hydroxyl groups is 1. The summed E-state index contributed by atoms with van der Waals surface area (Å²) in [5.74, 6) is -1.63. The van der Waals surface area contributed by atoms with Crippen LogP contribution in [0.15, 0.2) is 30.2 Å². The number of aliphatic hydroxyl groups excluding tert-OH is 2. The third-order valence-corrected chi connectivity index (χ3v) is 3.02. The maximum atomic E-state index is 10.6. The van der Waals surface area contributed by atoms with E-state index >= 15 is 0 Å². The minimum absolute atomic E-state index is 0. The SMILES string of the molecule is CC1(C)OC(=O)C=C(O)O1.CCO.Oc1ccc2c(c1)CCC2.[Ti]. The van der Waals surface area contributed by atoms with Gasteiger partial charge in [0.2, 0.25) is 0 Å². The molecule has 24 heavy (non-hydrogen) atoms. The predicted molar refractivity (Wildman–Crippen MR) is 84.9 cm³/mol. The maximum absolute atomic E-state index is 10.6. The summed E-state index contributed by atoms with van der Waals surface area (Å²) in [7, 11) is 0. The molecule has 0 radical (unpaired) electrons. The minimum Gasteiger partial charge on any atom is -0.508 e. The monoisotopic (exact) mass is 372 g/mol. The van der Waals surface area contributed by atoms with Crippen molar-refractivity contribution in [3.63, 3.8) is 0 Å². The third-order valence-electron chi connectivity index (χ3n) is 3.02. The van der Waals surface area contributed by atoms with E-state index in [4.69, 9.17) is 20.1 Å². The summed E-state index contributed by atoms with van der Waals surface area (Å²) in [6, 6.07) is 5.67. The number of hydrogen-bond donors (Lipinski definition) is 3. The first-order valence-corrected chi connectivity index (χ1v) is 7.51. The van der Waals surface area contributed by atoms with E-state index in [-0.39, 0.29) is 28.3 Å². The zero-order valence-electron chi connectivity index (χ0n) is 14.2. The second kappa shape index (κ2) is 10.4. The molecule has 0 saturated heterocycles. The Labute approximate surface area is 157 Å². The van der Waals surface area contributed by atoms with Crippen molar-refractivity contribution in [2.45, 2.75) is 45.8 Å². The molecule has 0 fully saturated rings. The quantitative estimate of drug-likeness (QED) is 0.479. The van der Waals surface area contributed by atoms with Crippen LogP contribution in [0.1, 0.15) is 38.3 Å². The molecular formula is C17H24O6Ti. The fraction of sp³-hybridized carbons (Fsp3) is 0.471. The van der Waals surface area contributed by atoms with E-state index in [0.717, 1.165) is 12.5 Å². The normalized spacial score (nSPS) is 16.5. The van der Waals surface area contributed by atoms with Crippen molar-refractivity contribution in [3.05, 3.63) is 41.3 Å². The van der Waals surface area contributed by atoms with Crippen molar-refractivity contribution in [1.29, 1.82) is 0 Å². The molecule has 1 aromatic rings. The van der Waals surface area contributed by atoms with Crippen LogP contribution in [0, 0.1) is 0 Å². The molecule has 1 aliphatic heterocycles. The van der Waals surface area contributed by atoms with Crippen molar-refractivity contribution in [2.24, 2.45) is 0 Å². The van der Waals surface area contributed by atoms with Crippen LogP contribution in [0.3, 0.4) is 0 Å². The molecule has 0 saturated carbocycles. The molecule has 7 heteroatoms. The van der Waals surface area contributed by atoms with E-state index in [9.17, 15) is 4.79 Å². The number of phenolic OH excluding ortho intramolecular Hbond substituents is 1. The molecule has 0 unspecified atom stereocenters. The van der Waals surface area contributed by atoms with Gasteiger partial charge in [0.15, 0.2) is 0 Å². The number of cyclic esters (lactones) is 1. The summed E-state index contributed by atoms with van der Waals surface area (Å²) in [6.45, 7) is 5.00. The third kappa shape index (κ3) is 7.86. The number of phenols is 1. The summed E-state index contributed by atoms with van der Waals surface area (Å²) < 4.78 is 9.36. The number of fused-ring (bicyclic) bond motifs is 1. The Morgan fingerprint density at radius 1 is 1.12 bits per heavy atom. The van der Waals surface area contributed by atoms with Crippen LogP contribution in [0.5, 0.6) is 5.75 Å². The van der Waals surface area contributed by atoms with Crippen LogP contribution in [0.4, 0.5) is 0 Å². The summed E-state index contributed by atoms with van der Waals surface area (Å²) in [4.78, 5) is 10.6. The first kappa shape index (κ1) is 22.5. The molecule has 132 valence electrons. The molecular weight excluding hydrogens is 348 g/mol. The molecule has 0 amide bonds. The molecule has 1 heterocycles. The Morgan fingerprint density at radius 3 is 2.25 bits per heavy atom. The number of esters is 1. The van der Waals surface area contributed by atoms with Crippen LogP contribution in [0.2, 0.25) is 0 Å². The van der Waals surface area contributed by atoms with Gasteiger partial charge >= 0.3 is 5.97 Å². The second-order valence-corrected chi connectivity index (χ2v) is 5.53. The number of carbonyl (C=O) groups is 1. The van der Waals surface area contributed by atoms with Crippen molar-refractivity contribution >= 4 is 5.97 Å². The smallest absolute Gasteiger partial charge is 0.341 e. The Hall–Kier alpha value is -1.50. The second-order valence-electron chi connectivity index (χ2n) is 5.53. The molecule has 0 atom stereocenters. The Morgan fingerprint density at radius 2 is 1.71 bits per heavy atom. The maximum Gasteiger partial charge on any atom is 0.341 e. The van der Waals surface area contributed by atoms with Gasteiger partial charge in [0, 0.05) is 42.2 Å². The Kier molecular flexibility index (Phi) is 9.74. The Bertz CT molecular complexity index is 568. The van der Waals surface area contributed by atoms with Crippen LogP contribution in [-0.4, -0.2) is 33.7 Å². The number of aliphatic hydroxyl groups is 2. The van der Waals surface area contributed by atoms with Gasteiger partial charge in [0.25, 0.3) is 11.7 Å². The van der Waals surface area contributed by atoms with Gasteiger partial charge in [-0.2, -0.15) is 0 Å². The van der Waals surface area contributed by atoms with Crippen molar-refractivity contribution in [2.75, 3.05) is 6.61 Å². The van der Waals surface area contributed by atoms with Gasteiger partial charge in [-0.1, -0.05) is 6.07 Å². The fourth-order valence-corrected chi connectivity index (χ4v) is 2.23. The summed E-state index contributed by atoms with van der Waals surface area (Å²) >= 11 is 0. The first-order chi connectivity index (χ1) is 10.8. The average Bonchev–Trinajstić information content (AvgIpc) is 2.84. The summed E-state index contributed by atoms with van der Waals surface area (Å²) in [6.07, 6.45) is 4.46. The predicted octanol–water partition coefficient (Wildman–Crippen LogP) is 2.57. The molecule has 2 aliphatic rings. The van der Waals surface area contributed by atoms with E-state index in [2.05, 4.69) is 4.74 Å². The van der Waals surface area contributed by atoms with Gasteiger partial charge in [-0.25, -0.2) is 4.79 Å². The molecule has 1 aliphatic carbocycles. The van der Waals surface area contributed by atoms with E-state index < -0.39 is 17.7 Å². The van der Waals surface area contributed by atoms with E-state index in [1.54, 1.807) is 13.0 Å². The number of aryl methyl sites for hydroxylation is 2. The van der Waals surface area contributed by atoms with Gasteiger partial charge in [0.05, 0.1) is 0 Å². The topological polar surface area (TPSA) is 96.2 Å². The largest absolute Gasteiger partial charge is 0.508 e. The molecule has 0 spiro atoms. The van der Waals surface area contributed by atoms with E-state index in [1.807, 2.05) is 12.1 Å². The molecule has 0 bridgehead atoms. The zero-order chi connectivity index (χ0) is 17.5. The zero-order valence-corrected chi connectivity index (χ0v) is 15.8. The summed E-state index contributed by atoms with van der Waals surface area (Å²) in [5, 5.41) is 25.4. The van der Waals surface area contributed by atoms with Gasteiger partial charge in [-0.15, -0.1) is 0 Å². The number of benzene rings is 1. The van der Waals surface area contributed by atoms with Crippen molar-refractivity contribution in [1.82, 2.24) is 0 Å². The number of ether oxygens (including phenoxy) is 2. The van der Waals surface area contributed by atoms with Gasteiger partial charge in [-0.3, -0.25) is 0 Å². The van der Waals surface area contributed by atoms with E-state index in [1.165, 1.54) is 37.8 Å². The van der Waals surface area contributed by atoms with E-state index in [0.29, 0.717) is 5.75 Å². The molecule has 0 aromatic heterocycles. The molecule has 6 nitrogen and oxygen atoms in total. The average molecular weight is 372 g/mol. The fourth-order valence-electron chi connectivity index (χ4n) is 2.23. The Balaban J connectivity index is 0.000000367. The first-order valence-electron chi connectivity index (χ1n) is 7.51. The van der Waals surface area contributed by atoms with Crippen LogP contribution in [0.25, 0.3) is 0 Å². The summed E-state index contributed by atoms with van der Waals surface area (Å²) in [5.41, 5.74) is 2.75. The van der Waals surface area contributed by atoms with Crippen molar-refractivity contribution in [3.8, 4) is 5.75 Å². The van der Waals surface area contributed by atoms with Gasteiger partial charge in [0.1, 0.15) is 11.8 Å². The van der Waals surface area contributed by atoms with Gasteiger partial charge in [-0.05, 0) is 49.4 Å². The van der Waals surface area contributed by atoms with Crippen LogP contribution < -0.4 is 0 Å². The number of rotatable bonds is 0. The minimum atomic E-state index is -1.05. The number of carbonyl (C=O) groups excluding carboxylic acids is 1. The van der Waals surface area contributed by atoms with Crippen LogP contribution >= 0.6 is 0 Å². The molecule has 3 rings (SSSR count). The molecule has 3 N–H and O–H groups in total.